The van der Waals surface area contributed by atoms with Gasteiger partial charge in [0, 0.05) is 31.4 Å². The van der Waals surface area contributed by atoms with Gasteiger partial charge in [-0.3, -0.25) is 4.79 Å². The molecule has 0 aliphatic heterocycles. The Morgan fingerprint density at radius 1 is 1.17 bits per heavy atom. The second-order valence-corrected chi connectivity index (χ2v) is 3.89. The number of ether oxygens (including phenoxy) is 1. The Balaban J connectivity index is 2.70. The minimum Gasteiger partial charge on any atom is -0.463 e. The molecule has 0 heterocycles. The maximum absolute atomic E-state index is 11.7. The number of esters is 1. The van der Waals surface area contributed by atoms with Gasteiger partial charge in [0.1, 0.15) is 0 Å². The summed E-state index contributed by atoms with van der Waals surface area (Å²) in [5.41, 5.74) is 1.56. The van der Waals surface area contributed by atoms with E-state index in [1.54, 1.807) is 19.1 Å². The molecule has 18 heavy (non-hydrogen) atoms. The fraction of sp³-hybridized carbons (Fsp3) is 0.286. The molecule has 4 nitrogen and oxygen atoms in total. The lowest BCUT2D eigenvalue weighted by Crippen LogP contribution is -2.08. The van der Waals surface area contributed by atoms with Crippen molar-refractivity contribution in [1.29, 1.82) is 0 Å². The number of benzene rings is 1. The summed E-state index contributed by atoms with van der Waals surface area (Å²) in [6.45, 7) is 2.02. The van der Waals surface area contributed by atoms with Crippen LogP contribution in [0.3, 0.4) is 0 Å². The number of hydrogen-bond donors (Lipinski definition) is 0. The highest BCUT2D eigenvalue weighted by molar-refractivity contribution is 6.07. The number of allylic oxidation sites excluding steroid dienone is 1. The third-order valence-corrected chi connectivity index (χ3v) is 2.33. The SMILES string of the molecule is CCOC(=O)/C=C/C(=O)c1ccc(N(C)C)cc1. The number of nitrogens with zero attached hydrogens (tertiary/aromatic N) is 1. The molecule has 0 radical (unpaired) electrons. The maximum Gasteiger partial charge on any atom is 0.330 e. The van der Waals surface area contributed by atoms with E-state index in [0.717, 1.165) is 11.8 Å². The smallest absolute Gasteiger partial charge is 0.330 e. The largest absolute Gasteiger partial charge is 0.463 e. The minimum atomic E-state index is -0.504. The third kappa shape index (κ3) is 4.05. The van der Waals surface area contributed by atoms with Crippen molar-refractivity contribution in [3.63, 3.8) is 0 Å². The van der Waals surface area contributed by atoms with Gasteiger partial charge in [0.15, 0.2) is 5.78 Å². The van der Waals surface area contributed by atoms with E-state index in [-0.39, 0.29) is 5.78 Å². The number of carbonyl (C=O) groups is 2. The van der Waals surface area contributed by atoms with Gasteiger partial charge in [0.25, 0.3) is 0 Å². The number of anilines is 1. The molecule has 0 atom stereocenters. The van der Waals surface area contributed by atoms with Gasteiger partial charge < -0.3 is 9.64 Å². The average molecular weight is 247 g/mol. The minimum absolute atomic E-state index is 0.214. The summed E-state index contributed by atoms with van der Waals surface area (Å²) in [6, 6.07) is 7.16. The summed E-state index contributed by atoms with van der Waals surface area (Å²) in [5.74, 6) is -0.718. The molecule has 0 bridgehead atoms. The van der Waals surface area contributed by atoms with Crippen LogP contribution in [0.25, 0.3) is 0 Å². The molecule has 0 spiro atoms. The monoisotopic (exact) mass is 247 g/mol. The highest BCUT2D eigenvalue weighted by atomic mass is 16.5. The van der Waals surface area contributed by atoms with Crippen molar-refractivity contribution in [1.82, 2.24) is 0 Å². The first-order valence-corrected chi connectivity index (χ1v) is 5.71. The number of hydrogen-bond acceptors (Lipinski definition) is 4. The van der Waals surface area contributed by atoms with Gasteiger partial charge in [0.05, 0.1) is 6.61 Å². The second-order valence-electron chi connectivity index (χ2n) is 3.89. The van der Waals surface area contributed by atoms with Crippen LogP contribution >= 0.6 is 0 Å². The molecule has 0 saturated carbocycles. The Kier molecular flexibility index (Phi) is 5.11. The van der Waals surface area contributed by atoms with Crippen molar-refractivity contribution in [2.75, 3.05) is 25.6 Å². The first kappa shape index (κ1) is 14.0. The quantitative estimate of drug-likeness (QED) is 0.454. The zero-order valence-corrected chi connectivity index (χ0v) is 10.8. The summed E-state index contributed by atoms with van der Waals surface area (Å²) < 4.78 is 4.69. The predicted molar refractivity (Wildman–Crippen MR) is 70.9 cm³/mol. The first-order valence-electron chi connectivity index (χ1n) is 5.71. The summed E-state index contributed by atoms with van der Waals surface area (Å²) in [4.78, 5) is 24.7. The van der Waals surface area contributed by atoms with Crippen LogP contribution in [0.4, 0.5) is 5.69 Å². The van der Waals surface area contributed by atoms with E-state index in [4.69, 9.17) is 4.74 Å². The Hall–Kier alpha value is -2.10. The van der Waals surface area contributed by atoms with E-state index in [9.17, 15) is 9.59 Å². The van der Waals surface area contributed by atoms with Gasteiger partial charge in [-0.2, -0.15) is 0 Å². The van der Waals surface area contributed by atoms with E-state index in [1.165, 1.54) is 6.08 Å². The van der Waals surface area contributed by atoms with Crippen LogP contribution in [0.1, 0.15) is 17.3 Å². The van der Waals surface area contributed by atoms with Crippen molar-refractivity contribution in [2.24, 2.45) is 0 Å². The summed E-state index contributed by atoms with van der Waals surface area (Å²) in [6.07, 6.45) is 2.37. The molecule has 96 valence electrons. The standard InChI is InChI=1S/C14H17NO3/c1-4-18-14(17)10-9-13(16)11-5-7-12(8-6-11)15(2)3/h5-10H,4H2,1-3H3/b10-9+. The average Bonchev–Trinajstić information content (AvgIpc) is 2.36. The van der Waals surface area contributed by atoms with E-state index < -0.39 is 5.97 Å². The van der Waals surface area contributed by atoms with Crippen LogP contribution in [0, 0.1) is 0 Å². The van der Waals surface area contributed by atoms with E-state index in [1.807, 2.05) is 31.1 Å². The summed E-state index contributed by atoms with van der Waals surface area (Å²) >= 11 is 0. The zero-order valence-electron chi connectivity index (χ0n) is 10.8. The van der Waals surface area contributed by atoms with Crippen molar-refractivity contribution in [3.05, 3.63) is 42.0 Å². The molecule has 0 aliphatic rings. The molecule has 0 N–H and O–H groups in total. The summed E-state index contributed by atoms with van der Waals surface area (Å²) in [5, 5.41) is 0. The Bertz CT molecular complexity index is 447. The van der Waals surface area contributed by atoms with Crippen LogP contribution in [0.5, 0.6) is 0 Å². The molecule has 0 aliphatic carbocycles. The molecule has 0 fully saturated rings. The van der Waals surface area contributed by atoms with Gasteiger partial charge >= 0.3 is 5.97 Å². The molecule has 1 aromatic carbocycles. The fourth-order valence-electron chi connectivity index (χ4n) is 1.35. The molecular formula is C14H17NO3. The lowest BCUT2D eigenvalue weighted by atomic mass is 10.1. The van der Waals surface area contributed by atoms with Crippen LogP contribution in [0.2, 0.25) is 0 Å². The highest BCUT2D eigenvalue weighted by Gasteiger charge is 2.03. The van der Waals surface area contributed by atoms with Crippen LogP contribution in [0.15, 0.2) is 36.4 Å². The second kappa shape index (κ2) is 6.59. The topological polar surface area (TPSA) is 46.6 Å². The van der Waals surface area contributed by atoms with Crippen LogP contribution in [-0.4, -0.2) is 32.5 Å². The van der Waals surface area contributed by atoms with Gasteiger partial charge in [-0.1, -0.05) is 0 Å². The van der Waals surface area contributed by atoms with E-state index in [0.29, 0.717) is 12.2 Å². The number of rotatable bonds is 5. The Morgan fingerprint density at radius 3 is 2.28 bits per heavy atom. The molecule has 4 heteroatoms. The van der Waals surface area contributed by atoms with Crippen molar-refractivity contribution in [3.8, 4) is 0 Å². The number of carbonyl (C=O) groups excluding carboxylic acids is 2. The molecule has 0 aromatic heterocycles. The fourth-order valence-corrected chi connectivity index (χ4v) is 1.35. The predicted octanol–water partition coefficient (Wildman–Crippen LogP) is 2.05. The van der Waals surface area contributed by atoms with Gasteiger partial charge in [-0.15, -0.1) is 0 Å². The third-order valence-electron chi connectivity index (χ3n) is 2.33. The normalized spacial score (nSPS) is 10.4. The van der Waals surface area contributed by atoms with Crippen molar-refractivity contribution in [2.45, 2.75) is 6.92 Å². The molecule has 0 unspecified atom stereocenters. The van der Waals surface area contributed by atoms with Crippen LogP contribution < -0.4 is 4.90 Å². The maximum atomic E-state index is 11.7. The van der Waals surface area contributed by atoms with Crippen LogP contribution in [-0.2, 0) is 9.53 Å². The summed E-state index contributed by atoms with van der Waals surface area (Å²) in [7, 11) is 3.86. The van der Waals surface area contributed by atoms with E-state index in [2.05, 4.69) is 0 Å². The zero-order chi connectivity index (χ0) is 13.5. The number of ketones is 1. The molecule has 0 amide bonds. The van der Waals surface area contributed by atoms with Gasteiger partial charge in [-0.25, -0.2) is 4.79 Å². The van der Waals surface area contributed by atoms with Crippen molar-refractivity contribution < 1.29 is 14.3 Å². The lowest BCUT2D eigenvalue weighted by Gasteiger charge is -2.11. The Morgan fingerprint density at radius 2 is 1.78 bits per heavy atom. The Labute approximate surface area is 107 Å². The first-order chi connectivity index (χ1) is 8.54. The molecule has 0 saturated heterocycles. The lowest BCUT2D eigenvalue weighted by molar-refractivity contribution is -0.137. The molecule has 1 rings (SSSR count). The van der Waals surface area contributed by atoms with E-state index >= 15 is 0 Å². The van der Waals surface area contributed by atoms with Gasteiger partial charge in [0.2, 0.25) is 0 Å². The van der Waals surface area contributed by atoms with Gasteiger partial charge in [-0.05, 0) is 37.3 Å². The van der Waals surface area contributed by atoms with Crippen molar-refractivity contribution >= 4 is 17.4 Å². The molecular weight excluding hydrogens is 230 g/mol. The molecule has 1 aromatic rings. The highest BCUT2D eigenvalue weighted by Crippen LogP contribution is 2.12.